The summed E-state index contributed by atoms with van der Waals surface area (Å²) in [5.41, 5.74) is 7.41. The molecule has 0 radical (unpaired) electrons. The molecule has 0 aromatic carbocycles. The minimum atomic E-state index is 0.176. The molecular weight excluding hydrogens is 268 g/mol. The number of rotatable bonds is 1. The molecule has 0 saturated carbocycles. The van der Waals surface area contributed by atoms with Crippen molar-refractivity contribution in [2.75, 3.05) is 25.0 Å². The summed E-state index contributed by atoms with van der Waals surface area (Å²) in [6, 6.07) is 1.69. The van der Waals surface area contributed by atoms with Crippen molar-refractivity contribution >= 4 is 16.5 Å². The Morgan fingerprint density at radius 1 is 1.20 bits per heavy atom. The fourth-order valence-electron chi connectivity index (χ4n) is 4.06. The lowest BCUT2D eigenvalue weighted by molar-refractivity contribution is 0.254. The number of nitrogens with zero attached hydrogens (tertiary/aromatic N) is 3. The number of hydrogen-bond acceptors (Lipinski definition) is 5. The Kier molecular flexibility index (Phi) is 3.24. The molecule has 3 heterocycles. The smallest absolute Gasteiger partial charge is 0.185 e. The van der Waals surface area contributed by atoms with Crippen molar-refractivity contribution in [3.05, 3.63) is 10.6 Å². The average molecular weight is 292 g/mol. The van der Waals surface area contributed by atoms with Crippen LogP contribution in [0.1, 0.15) is 48.7 Å². The van der Waals surface area contributed by atoms with E-state index in [2.05, 4.69) is 16.8 Å². The zero-order valence-electron chi connectivity index (χ0n) is 12.2. The van der Waals surface area contributed by atoms with Gasteiger partial charge in [-0.2, -0.15) is 0 Å². The standard InChI is InChI=1S/C15H24N4S/c1-18-10-5-6-11(18)9-19(8-7-10)15-17-14-12(16)3-2-4-13(14)20-15/h10-12H,2-9,16H2,1H3. The fourth-order valence-corrected chi connectivity index (χ4v) is 5.26. The third kappa shape index (κ3) is 2.07. The molecule has 2 aliphatic heterocycles. The minimum Gasteiger partial charge on any atom is -0.346 e. The molecular formula is C15H24N4S. The Hall–Kier alpha value is -0.650. The summed E-state index contributed by atoms with van der Waals surface area (Å²) in [5.74, 6) is 0. The van der Waals surface area contributed by atoms with Gasteiger partial charge in [-0.3, -0.25) is 4.90 Å². The normalized spacial score (nSPS) is 34.1. The molecule has 1 aromatic heterocycles. The number of likely N-dealkylation sites (N-methyl/N-ethyl adjacent to an activating group) is 1. The van der Waals surface area contributed by atoms with Crippen molar-refractivity contribution in [1.29, 1.82) is 0 Å². The largest absolute Gasteiger partial charge is 0.346 e. The quantitative estimate of drug-likeness (QED) is 0.861. The first-order valence-corrected chi connectivity index (χ1v) is 8.76. The molecule has 3 aliphatic rings. The molecule has 2 N–H and O–H groups in total. The summed E-state index contributed by atoms with van der Waals surface area (Å²) in [6.45, 7) is 2.31. The van der Waals surface area contributed by atoms with Crippen LogP contribution >= 0.6 is 11.3 Å². The summed E-state index contributed by atoms with van der Waals surface area (Å²) < 4.78 is 0. The molecule has 4 rings (SSSR count). The summed E-state index contributed by atoms with van der Waals surface area (Å²) >= 11 is 1.90. The summed E-state index contributed by atoms with van der Waals surface area (Å²) in [6.07, 6.45) is 7.52. The van der Waals surface area contributed by atoms with Crippen LogP contribution in [-0.4, -0.2) is 42.1 Å². The molecule has 1 aromatic rings. The van der Waals surface area contributed by atoms with Gasteiger partial charge in [0.05, 0.1) is 5.69 Å². The van der Waals surface area contributed by atoms with Crippen molar-refractivity contribution in [2.24, 2.45) is 5.73 Å². The van der Waals surface area contributed by atoms with E-state index in [1.54, 1.807) is 0 Å². The lowest BCUT2D eigenvalue weighted by atomic mass is 9.99. The molecule has 110 valence electrons. The van der Waals surface area contributed by atoms with Crippen LogP contribution in [0, 0.1) is 0 Å². The van der Waals surface area contributed by atoms with E-state index < -0.39 is 0 Å². The predicted molar refractivity (Wildman–Crippen MR) is 83.4 cm³/mol. The second-order valence-corrected chi connectivity index (χ2v) is 7.65. The molecule has 1 aliphatic carbocycles. The predicted octanol–water partition coefficient (Wildman–Crippen LogP) is 2.15. The van der Waals surface area contributed by atoms with Gasteiger partial charge < -0.3 is 10.6 Å². The summed E-state index contributed by atoms with van der Waals surface area (Å²) in [5, 5.41) is 1.23. The van der Waals surface area contributed by atoms with Gasteiger partial charge in [-0.1, -0.05) is 0 Å². The number of aromatic nitrogens is 1. The third-order valence-electron chi connectivity index (χ3n) is 5.41. The molecule has 2 saturated heterocycles. The van der Waals surface area contributed by atoms with E-state index in [1.165, 1.54) is 47.8 Å². The zero-order valence-corrected chi connectivity index (χ0v) is 13.0. The van der Waals surface area contributed by atoms with Crippen LogP contribution in [0.25, 0.3) is 0 Å². The second kappa shape index (κ2) is 4.97. The van der Waals surface area contributed by atoms with Gasteiger partial charge in [-0.15, -0.1) is 11.3 Å². The van der Waals surface area contributed by atoms with Crippen molar-refractivity contribution in [3.63, 3.8) is 0 Å². The highest BCUT2D eigenvalue weighted by Gasteiger charge is 2.35. The van der Waals surface area contributed by atoms with Gasteiger partial charge in [-0.25, -0.2) is 4.98 Å². The maximum atomic E-state index is 6.22. The van der Waals surface area contributed by atoms with Gasteiger partial charge in [0.25, 0.3) is 0 Å². The maximum Gasteiger partial charge on any atom is 0.185 e. The summed E-state index contributed by atoms with van der Waals surface area (Å²) in [7, 11) is 2.30. The van der Waals surface area contributed by atoms with E-state index in [1.807, 2.05) is 11.3 Å². The molecule has 2 bridgehead atoms. The van der Waals surface area contributed by atoms with Crippen LogP contribution in [0.2, 0.25) is 0 Å². The number of fused-ring (bicyclic) bond motifs is 3. The highest BCUT2D eigenvalue weighted by molar-refractivity contribution is 7.15. The number of nitrogens with two attached hydrogens (primary N) is 1. The molecule has 0 spiro atoms. The Bertz CT molecular complexity index is 500. The maximum absolute atomic E-state index is 6.22. The van der Waals surface area contributed by atoms with Crippen molar-refractivity contribution < 1.29 is 0 Å². The van der Waals surface area contributed by atoms with E-state index in [-0.39, 0.29) is 6.04 Å². The monoisotopic (exact) mass is 292 g/mol. The zero-order chi connectivity index (χ0) is 13.7. The number of thiazole rings is 1. The molecule has 3 unspecified atom stereocenters. The van der Waals surface area contributed by atoms with Crippen LogP contribution in [0.5, 0.6) is 0 Å². The van der Waals surface area contributed by atoms with Crippen molar-refractivity contribution in [2.45, 2.75) is 56.7 Å². The highest BCUT2D eigenvalue weighted by Crippen LogP contribution is 2.37. The van der Waals surface area contributed by atoms with Crippen molar-refractivity contribution in [1.82, 2.24) is 9.88 Å². The van der Waals surface area contributed by atoms with Gasteiger partial charge in [0.15, 0.2) is 5.13 Å². The van der Waals surface area contributed by atoms with Gasteiger partial charge >= 0.3 is 0 Å². The van der Waals surface area contributed by atoms with Gasteiger partial charge in [0, 0.05) is 36.1 Å². The van der Waals surface area contributed by atoms with Crippen LogP contribution in [0.4, 0.5) is 5.13 Å². The van der Waals surface area contributed by atoms with E-state index >= 15 is 0 Å². The number of aryl methyl sites for hydroxylation is 1. The minimum absolute atomic E-state index is 0.176. The van der Waals surface area contributed by atoms with Gasteiger partial charge in [0.2, 0.25) is 0 Å². The van der Waals surface area contributed by atoms with Gasteiger partial charge in [-0.05, 0) is 45.6 Å². The molecule has 4 nitrogen and oxygen atoms in total. The average Bonchev–Trinajstić information content (AvgIpc) is 2.93. The Morgan fingerprint density at radius 3 is 2.90 bits per heavy atom. The summed E-state index contributed by atoms with van der Waals surface area (Å²) in [4.78, 5) is 11.5. The van der Waals surface area contributed by atoms with Crippen LogP contribution in [0.15, 0.2) is 0 Å². The molecule has 20 heavy (non-hydrogen) atoms. The molecule has 2 fully saturated rings. The van der Waals surface area contributed by atoms with E-state index in [0.717, 1.165) is 31.6 Å². The third-order valence-corrected chi connectivity index (χ3v) is 6.60. The Labute approximate surface area is 125 Å². The van der Waals surface area contributed by atoms with E-state index in [0.29, 0.717) is 0 Å². The van der Waals surface area contributed by atoms with Gasteiger partial charge in [0.1, 0.15) is 0 Å². The Balaban J connectivity index is 1.59. The van der Waals surface area contributed by atoms with Crippen molar-refractivity contribution in [3.8, 4) is 0 Å². The SMILES string of the molecule is CN1C2CCC1CN(c1nc3c(s1)CCCC3N)CC2. The lowest BCUT2D eigenvalue weighted by Crippen LogP contribution is -2.36. The van der Waals surface area contributed by atoms with Crippen LogP contribution < -0.4 is 10.6 Å². The first-order chi connectivity index (χ1) is 9.72. The molecule has 5 heteroatoms. The lowest BCUT2D eigenvalue weighted by Gasteiger charge is -2.25. The van der Waals surface area contributed by atoms with Crippen LogP contribution in [0.3, 0.4) is 0 Å². The van der Waals surface area contributed by atoms with E-state index in [4.69, 9.17) is 10.7 Å². The van der Waals surface area contributed by atoms with E-state index in [9.17, 15) is 0 Å². The first kappa shape index (κ1) is 13.0. The fraction of sp³-hybridized carbons (Fsp3) is 0.800. The topological polar surface area (TPSA) is 45.4 Å². The second-order valence-electron chi connectivity index (χ2n) is 6.59. The molecule has 0 amide bonds. The highest BCUT2D eigenvalue weighted by atomic mass is 32.1. The Morgan fingerprint density at radius 2 is 2.05 bits per heavy atom. The number of anilines is 1. The first-order valence-electron chi connectivity index (χ1n) is 7.94. The molecule has 3 atom stereocenters. The number of hydrogen-bond donors (Lipinski definition) is 1. The van der Waals surface area contributed by atoms with Crippen LogP contribution in [-0.2, 0) is 6.42 Å².